The van der Waals surface area contributed by atoms with Crippen LogP contribution in [0, 0.1) is 11.6 Å². The molecule has 1 aromatic heterocycles. The standard InChI is InChI=1S/C52H64F2N2O4/c1-3-5-7-9-11-13-15-17-19-21-31-59-39-25-29-41(45(53)35-39)37-23-27-43-47(33-37)55-49(51(43)57)50-52(58)44-28-24-38(34-48(44)56-50)42-30-26-40(36-46(42)54)60-32-22-20-18-16-14-12-10-8-6-4-2/h23-30,33-36,55,57H,3-22,31-32H2,1-2H3. The van der Waals surface area contributed by atoms with E-state index in [1.807, 2.05) is 0 Å². The number of nitrogens with one attached hydrogen (secondary N) is 1. The van der Waals surface area contributed by atoms with Crippen molar-refractivity contribution in [1.29, 1.82) is 0 Å². The first kappa shape index (κ1) is 44.6. The van der Waals surface area contributed by atoms with E-state index in [1.165, 1.54) is 115 Å². The van der Waals surface area contributed by atoms with Gasteiger partial charge in [0.2, 0.25) is 5.78 Å². The third kappa shape index (κ3) is 12.1. The maximum atomic E-state index is 15.4. The molecule has 0 radical (unpaired) electrons. The number of carbonyl (C=O) groups excluding carboxylic acids is 1. The van der Waals surface area contributed by atoms with E-state index in [2.05, 4.69) is 23.8 Å². The largest absolute Gasteiger partial charge is 0.505 e. The van der Waals surface area contributed by atoms with Crippen molar-refractivity contribution in [3.05, 3.63) is 95.7 Å². The number of Topliss-reactive ketones (excluding diaryl/α,β-unsaturated/α-hetero) is 1. The highest BCUT2D eigenvalue weighted by atomic mass is 19.1. The number of aromatic amines is 1. The summed E-state index contributed by atoms with van der Waals surface area (Å²) in [7, 11) is 0. The van der Waals surface area contributed by atoms with Gasteiger partial charge in [0.25, 0.3) is 0 Å². The minimum Gasteiger partial charge on any atom is -0.505 e. The van der Waals surface area contributed by atoms with Gasteiger partial charge in [-0.2, -0.15) is 0 Å². The number of ketones is 1. The van der Waals surface area contributed by atoms with Crippen molar-refractivity contribution in [3.63, 3.8) is 0 Å². The van der Waals surface area contributed by atoms with E-state index in [4.69, 9.17) is 9.47 Å². The second-order valence-electron chi connectivity index (χ2n) is 16.5. The summed E-state index contributed by atoms with van der Waals surface area (Å²) in [6.45, 7) is 5.59. The summed E-state index contributed by atoms with van der Waals surface area (Å²) in [6.07, 6.45) is 24.8. The summed E-state index contributed by atoms with van der Waals surface area (Å²) in [5.41, 5.74) is 3.49. The molecule has 0 spiro atoms. The number of H-pyrrole nitrogens is 1. The number of fused-ring (bicyclic) bond motifs is 2. The molecule has 0 fully saturated rings. The second kappa shape index (κ2) is 23.1. The fourth-order valence-corrected chi connectivity index (χ4v) is 8.17. The van der Waals surface area contributed by atoms with Crippen molar-refractivity contribution < 1.29 is 28.2 Å². The van der Waals surface area contributed by atoms with Crippen LogP contribution in [0.25, 0.3) is 33.2 Å². The Labute approximate surface area is 355 Å². The first-order chi connectivity index (χ1) is 29.4. The molecule has 2 N–H and O–H groups in total. The van der Waals surface area contributed by atoms with Gasteiger partial charge in [0.1, 0.15) is 34.5 Å². The van der Waals surface area contributed by atoms with Crippen LogP contribution in [0.3, 0.4) is 0 Å². The van der Waals surface area contributed by atoms with E-state index in [9.17, 15) is 9.90 Å². The number of hydrogen-bond acceptors (Lipinski definition) is 5. The predicted molar refractivity (Wildman–Crippen MR) is 242 cm³/mol. The molecule has 60 heavy (non-hydrogen) atoms. The molecule has 2 heterocycles. The number of rotatable bonds is 27. The van der Waals surface area contributed by atoms with Gasteiger partial charge in [-0.3, -0.25) is 4.79 Å². The summed E-state index contributed by atoms with van der Waals surface area (Å²) in [6, 6.07) is 20.0. The quantitative estimate of drug-likeness (QED) is 0.0517. The predicted octanol–water partition coefficient (Wildman–Crippen LogP) is 15.4. The SMILES string of the molecule is CCCCCCCCCCCCOc1ccc(-c2ccc3c(c2)N=C(c2[nH]c4cc(-c5ccc(OCCCCCCCCCCCC)cc5F)ccc4c2O)C3=O)c(F)c1. The molecular formula is C52H64F2N2O4. The topological polar surface area (TPSA) is 83.9 Å². The zero-order valence-electron chi connectivity index (χ0n) is 35.9. The number of halogens is 2. The Morgan fingerprint density at radius 1 is 0.550 bits per heavy atom. The maximum Gasteiger partial charge on any atom is 0.215 e. The molecule has 6 rings (SSSR count). The lowest BCUT2D eigenvalue weighted by Gasteiger charge is -2.09. The van der Waals surface area contributed by atoms with Gasteiger partial charge in [-0.1, -0.05) is 142 Å². The highest BCUT2D eigenvalue weighted by molar-refractivity contribution is 6.55. The molecule has 0 amide bonds. The van der Waals surface area contributed by atoms with E-state index in [1.54, 1.807) is 60.7 Å². The van der Waals surface area contributed by atoms with Gasteiger partial charge in [0, 0.05) is 34.2 Å². The van der Waals surface area contributed by atoms with Crippen LogP contribution in [0.15, 0.2) is 77.8 Å². The molecule has 0 atom stereocenters. The lowest BCUT2D eigenvalue weighted by atomic mass is 10.00. The Hall–Kier alpha value is -4.98. The number of benzene rings is 4. The zero-order valence-corrected chi connectivity index (χ0v) is 35.9. The van der Waals surface area contributed by atoms with Gasteiger partial charge in [0.05, 0.1) is 24.4 Å². The van der Waals surface area contributed by atoms with Gasteiger partial charge >= 0.3 is 0 Å². The summed E-state index contributed by atoms with van der Waals surface area (Å²) in [5.74, 6) is -0.310. The minimum atomic E-state index is -0.420. The smallest absolute Gasteiger partial charge is 0.215 e. The van der Waals surface area contributed by atoms with Crippen LogP contribution < -0.4 is 9.47 Å². The van der Waals surface area contributed by atoms with Crippen LogP contribution in [0.2, 0.25) is 0 Å². The van der Waals surface area contributed by atoms with Gasteiger partial charge in [0.15, 0.2) is 5.75 Å². The van der Waals surface area contributed by atoms with Crippen LogP contribution in [0.4, 0.5) is 14.5 Å². The van der Waals surface area contributed by atoms with Crippen molar-refractivity contribution in [1.82, 2.24) is 4.98 Å². The van der Waals surface area contributed by atoms with Crippen molar-refractivity contribution in [3.8, 4) is 39.5 Å². The molecule has 6 nitrogen and oxygen atoms in total. The van der Waals surface area contributed by atoms with E-state index >= 15 is 8.78 Å². The fraction of sp³-hybridized carbons (Fsp3) is 0.462. The molecule has 4 aromatic carbocycles. The molecule has 0 saturated heterocycles. The van der Waals surface area contributed by atoms with Crippen LogP contribution in [0.1, 0.15) is 158 Å². The fourth-order valence-electron chi connectivity index (χ4n) is 8.17. The Morgan fingerprint density at radius 2 is 1.00 bits per heavy atom. The van der Waals surface area contributed by atoms with Crippen LogP contribution in [0.5, 0.6) is 17.2 Å². The molecule has 1 aliphatic rings. The molecule has 0 saturated carbocycles. The Kier molecular flexibility index (Phi) is 17.2. The number of aliphatic imine (C=N–C) groups is 1. The number of ether oxygens (including phenoxy) is 2. The summed E-state index contributed by atoms with van der Waals surface area (Å²) < 4.78 is 42.5. The molecule has 0 unspecified atom stereocenters. The first-order valence-corrected chi connectivity index (χ1v) is 22.9. The first-order valence-electron chi connectivity index (χ1n) is 22.9. The lowest BCUT2D eigenvalue weighted by molar-refractivity contribution is 0.106. The third-order valence-electron chi connectivity index (χ3n) is 11.7. The molecule has 1 aliphatic heterocycles. The Balaban J connectivity index is 1.02. The van der Waals surface area contributed by atoms with E-state index in [0.717, 1.165) is 25.7 Å². The van der Waals surface area contributed by atoms with Crippen molar-refractivity contribution in [2.75, 3.05) is 13.2 Å². The number of hydrogen-bond donors (Lipinski definition) is 2. The number of aromatic hydroxyl groups is 1. The van der Waals surface area contributed by atoms with Crippen molar-refractivity contribution in [2.45, 2.75) is 142 Å². The summed E-state index contributed by atoms with van der Waals surface area (Å²) in [5, 5.41) is 11.7. The highest BCUT2D eigenvalue weighted by Gasteiger charge is 2.30. The average molecular weight is 819 g/mol. The highest BCUT2D eigenvalue weighted by Crippen LogP contribution is 2.39. The van der Waals surface area contributed by atoms with Crippen LogP contribution in [-0.2, 0) is 0 Å². The normalized spacial score (nSPS) is 12.3. The van der Waals surface area contributed by atoms with E-state index in [0.29, 0.717) is 69.1 Å². The van der Waals surface area contributed by atoms with E-state index < -0.39 is 11.6 Å². The van der Waals surface area contributed by atoms with Gasteiger partial charge < -0.3 is 19.6 Å². The second-order valence-corrected chi connectivity index (χ2v) is 16.5. The van der Waals surface area contributed by atoms with Crippen molar-refractivity contribution in [2.24, 2.45) is 4.99 Å². The number of aromatic nitrogens is 1. The molecular weight excluding hydrogens is 755 g/mol. The van der Waals surface area contributed by atoms with Crippen LogP contribution in [-0.4, -0.2) is 34.8 Å². The van der Waals surface area contributed by atoms with Crippen molar-refractivity contribution >= 4 is 28.1 Å². The molecule has 320 valence electrons. The molecule has 8 heteroatoms. The Morgan fingerprint density at radius 3 is 1.50 bits per heavy atom. The third-order valence-corrected chi connectivity index (χ3v) is 11.7. The van der Waals surface area contributed by atoms with Crippen LogP contribution >= 0.6 is 0 Å². The number of nitrogens with zero attached hydrogens (tertiary/aromatic N) is 1. The van der Waals surface area contributed by atoms with E-state index in [-0.39, 0.29) is 22.9 Å². The Bertz CT molecular complexity index is 2190. The zero-order chi connectivity index (χ0) is 42.1. The van der Waals surface area contributed by atoms with Gasteiger partial charge in [-0.15, -0.1) is 0 Å². The average Bonchev–Trinajstić information content (AvgIpc) is 3.76. The summed E-state index contributed by atoms with van der Waals surface area (Å²) in [4.78, 5) is 21.3. The van der Waals surface area contributed by atoms with Gasteiger partial charge in [-0.25, -0.2) is 13.8 Å². The molecule has 5 aromatic rings. The number of unbranched alkanes of at least 4 members (excludes halogenated alkanes) is 18. The molecule has 0 bridgehead atoms. The maximum absolute atomic E-state index is 15.4. The molecule has 0 aliphatic carbocycles. The lowest BCUT2D eigenvalue weighted by Crippen LogP contribution is -2.11. The van der Waals surface area contributed by atoms with Gasteiger partial charge in [-0.05, 0) is 72.5 Å². The monoisotopic (exact) mass is 818 g/mol. The number of carbonyl (C=O) groups is 1. The minimum absolute atomic E-state index is 0.0590. The summed E-state index contributed by atoms with van der Waals surface area (Å²) >= 11 is 0.